The molecule has 1 N–H and O–H groups in total. The van der Waals surface area contributed by atoms with Gasteiger partial charge in [0.05, 0.1) is 6.04 Å². The standard InChI is InChI=1S/C20H20N4O.ClH/c1-24-9-8-21-12-18(24)19-22-20(25-23-19)14-6-7-17-15(11-14)10-13-4-2-3-5-16(13)17;/h2-7,11,18,21H,8-10,12H2,1H3;1H. The molecule has 0 amide bonds. The zero-order valence-electron chi connectivity index (χ0n) is 14.6. The van der Waals surface area contributed by atoms with Gasteiger partial charge in [0, 0.05) is 25.2 Å². The van der Waals surface area contributed by atoms with Crippen molar-refractivity contribution in [1.29, 1.82) is 0 Å². The van der Waals surface area contributed by atoms with Crippen LogP contribution in [0.4, 0.5) is 0 Å². The van der Waals surface area contributed by atoms with Gasteiger partial charge in [0.15, 0.2) is 5.82 Å². The Kier molecular flexibility index (Phi) is 4.53. The molecule has 26 heavy (non-hydrogen) atoms. The fraction of sp³-hybridized carbons (Fsp3) is 0.300. The summed E-state index contributed by atoms with van der Waals surface area (Å²) >= 11 is 0. The van der Waals surface area contributed by atoms with Crippen LogP contribution in [0.3, 0.4) is 0 Å². The highest BCUT2D eigenvalue weighted by atomic mass is 35.5. The van der Waals surface area contributed by atoms with Gasteiger partial charge in [0.2, 0.25) is 0 Å². The number of benzene rings is 2. The predicted octanol–water partition coefficient (Wildman–Crippen LogP) is 3.31. The number of nitrogens with one attached hydrogen (secondary N) is 1. The molecule has 0 radical (unpaired) electrons. The maximum atomic E-state index is 5.57. The monoisotopic (exact) mass is 368 g/mol. The van der Waals surface area contributed by atoms with Crippen molar-refractivity contribution in [1.82, 2.24) is 20.4 Å². The Morgan fingerprint density at radius 3 is 2.85 bits per heavy atom. The molecule has 2 aliphatic rings. The topological polar surface area (TPSA) is 54.2 Å². The van der Waals surface area contributed by atoms with Gasteiger partial charge in [-0.2, -0.15) is 4.98 Å². The average Bonchev–Trinajstić information content (AvgIpc) is 3.26. The molecule has 0 saturated carbocycles. The first-order valence-corrected chi connectivity index (χ1v) is 8.76. The van der Waals surface area contributed by atoms with E-state index in [1.165, 1.54) is 22.3 Å². The van der Waals surface area contributed by atoms with E-state index in [1.807, 2.05) is 0 Å². The minimum Gasteiger partial charge on any atom is -0.334 e. The summed E-state index contributed by atoms with van der Waals surface area (Å²) in [5.41, 5.74) is 6.36. The van der Waals surface area contributed by atoms with E-state index < -0.39 is 0 Å². The predicted molar refractivity (Wildman–Crippen MR) is 103 cm³/mol. The summed E-state index contributed by atoms with van der Waals surface area (Å²) in [6.45, 7) is 2.85. The molecule has 5 rings (SSSR count). The van der Waals surface area contributed by atoms with Gasteiger partial charge in [-0.3, -0.25) is 4.90 Å². The number of fused-ring (bicyclic) bond motifs is 3. The zero-order chi connectivity index (χ0) is 16.8. The van der Waals surface area contributed by atoms with E-state index in [-0.39, 0.29) is 18.4 Å². The fourth-order valence-electron chi connectivity index (χ4n) is 3.86. The summed E-state index contributed by atoms with van der Waals surface area (Å²) in [6.07, 6.45) is 0.968. The van der Waals surface area contributed by atoms with E-state index in [4.69, 9.17) is 4.52 Å². The number of aromatic nitrogens is 2. The molecule has 1 saturated heterocycles. The number of rotatable bonds is 2. The Labute approximate surface area is 158 Å². The van der Waals surface area contributed by atoms with E-state index in [0.717, 1.165) is 37.4 Å². The molecule has 5 nitrogen and oxygen atoms in total. The summed E-state index contributed by atoms with van der Waals surface area (Å²) in [6, 6.07) is 15.2. The second-order valence-electron chi connectivity index (χ2n) is 6.86. The molecule has 1 unspecified atom stereocenters. The van der Waals surface area contributed by atoms with Crippen molar-refractivity contribution in [3.63, 3.8) is 0 Å². The van der Waals surface area contributed by atoms with Crippen LogP contribution < -0.4 is 5.32 Å². The SMILES string of the molecule is CN1CCNCC1c1noc(-c2ccc3c(c2)Cc2ccccc2-3)n1.Cl. The van der Waals surface area contributed by atoms with E-state index in [0.29, 0.717) is 5.89 Å². The lowest BCUT2D eigenvalue weighted by molar-refractivity contribution is 0.190. The molecule has 1 fully saturated rings. The first-order chi connectivity index (χ1) is 12.3. The van der Waals surface area contributed by atoms with Crippen molar-refractivity contribution in [3.8, 4) is 22.6 Å². The van der Waals surface area contributed by atoms with Crippen molar-refractivity contribution in [2.75, 3.05) is 26.7 Å². The molecule has 3 aromatic rings. The minimum absolute atomic E-state index is 0. The molecule has 0 spiro atoms. The number of hydrogen-bond donors (Lipinski definition) is 1. The molecule has 1 atom stereocenters. The van der Waals surface area contributed by atoms with Crippen LogP contribution >= 0.6 is 12.4 Å². The fourth-order valence-corrected chi connectivity index (χ4v) is 3.86. The second kappa shape index (κ2) is 6.83. The zero-order valence-corrected chi connectivity index (χ0v) is 15.4. The highest BCUT2D eigenvalue weighted by Gasteiger charge is 2.26. The third-order valence-electron chi connectivity index (χ3n) is 5.29. The smallest absolute Gasteiger partial charge is 0.257 e. The van der Waals surface area contributed by atoms with E-state index >= 15 is 0 Å². The van der Waals surface area contributed by atoms with Gasteiger partial charge in [0.25, 0.3) is 5.89 Å². The largest absolute Gasteiger partial charge is 0.334 e. The molecule has 1 aliphatic carbocycles. The van der Waals surface area contributed by atoms with Crippen LogP contribution in [0, 0.1) is 0 Å². The molecule has 134 valence electrons. The number of piperazine rings is 1. The van der Waals surface area contributed by atoms with Gasteiger partial charge in [-0.15, -0.1) is 12.4 Å². The Bertz CT molecular complexity index is 939. The van der Waals surface area contributed by atoms with Crippen LogP contribution in [-0.4, -0.2) is 41.7 Å². The second-order valence-corrected chi connectivity index (χ2v) is 6.86. The first kappa shape index (κ1) is 17.2. The molecular weight excluding hydrogens is 348 g/mol. The van der Waals surface area contributed by atoms with Crippen LogP contribution in [0.5, 0.6) is 0 Å². The van der Waals surface area contributed by atoms with Crippen LogP contribution in [0.2, 0.25) is 0 Å². The normalized spacial score (nSPS) is 18.9. The number of halogens is 1. The van der Waals surface area contributed by atoms with Crippen LogP contribution in [0.25, 0.3) is 22.6 Å². The molecule has 2 aromatic carbocycles. The molecule has 1 aliphatic heterocycles. The van der Waals surface area contributed by atoms with Crippen LogP contribution in [-0.2, 0) is 6.42 Å². The lowest BCUT2D eigenvalue weighted by Gasteiger charge is -2.30. The number of hydrogen-bond acceptors (Lipinski definition) is 5. The van der Waals surface area contributed by atoms with Crippen molar-refractivity contribution >= 4 is 12.4 Å². The summed E-state index contributed by atoms with van der Waals surface area (Å²) in [4.78, 5) is 6.94. The van der Waals surface area contributed by atoms with Crippen LogP contribution in [0.15, 0.2) is 47.0 Å². The van der Waals surface area contributed by atoms with E-state index in [9.17, 15) is 0 Å². The van der Waals surface area contributed by atoms with Gasteiger partial charge in [-0.1, -0.05) is 35.5 Å². The first-order valence-electron chi connectivity index (χ1n) is 8.76. The third kappa shape index (κ3) is 2.82. The Morgan fingerprint density at radius 2 is 1.96 bits per heavy atom. The maximum absolute atomic E-state index is 5.57. The van der Waals surface area contributed by atoms with Crippen molar-refractivity contribution < 1.29 is 4.52 Å². The molecule has 6 heteroatoms. The molecule has 2 heterocycles. The molecule has 0 bridgehead atoms. The Hall–Kier alpha value is -2.21. The van der Waals surface area contributed by atoms with Gasteiger partial charge < -0.3 is 9.84 Å². The molecular formula is C20H21ClN4O. The summed E-state index contributed by atoms with van der Waals surface area (Å²) in [5.74, 6) is 1.36. The van der Waals surface area contributed by atoms with Gasteiger partial charge in [-0.05, 0) is 47.9 Å². The quantitative estimate of drug-likeness (QED) is 0.588. The highest BCUT2D eigenvalue weighted by Crippen LogP contribution is 2.38. The lowest BCUT2D eigenvalue weighted by Crippen LogP contribution is -2.44. The van der Waals surface area contributed by atoms with Gasteiger partial charge in [0.1, 0.15) is 0 Å². The van der Waals surface area contributed by atoms with E-state index in [2.05, 4.69) is 69.9 Å². The van der Waals surface area contributed by atoms with Gasteiger partial charge in [-0.25, -0.2) is 0 Å². The maximum Gasteiger partial charge on any atom is 0.257 e. The van der Waals surface area contributed by atoms with Gasteiger partial charge >= 0.3 is 0 Å². The van der Waals surface area contributed by atoms with E-state index in [1.54, 1.807) is 0 Å². The Morgan fingerprint density at radius 1 is 1.12 bits per heavy atom. The Balaban J connectivity index is 0.00000168. The lowest BCUT2D eigenvalue weighted by atomic mass is 10.0. The average molecular weight is 369 g/mol. The minimum atomic E-state index is 0. The van der Waals surface area contributed by atoms with Crippen molar-refractivity contribution in [2.45, 2.75) is 12.5 Å². The number of nitrogens with zero attached hydrogens (tertiary/aromatic N) is 3. The van der Waals surface area contributed by atoms with Crippen LogP contribution in [0.1, 0.15) is 23.0 Å². The molecule has 1 aromatic heterocycles. The van der Waals surface area contributed by atoms with Crippen molar-refractivity contribution in [3.05, 3.63) is 59.4 Å². The summed E-state index contributed by atoms with van der Waals surface area (Å²) in [7, 11) is 2.11. The highest BCUT2D eigenvalue weighted by molar-refractivity contribution is 5.85. The summed E-state index contributed by atoms with van der Waals surface area (Å²) < 4.78 is 5.57. The van der Waals surface area contributed by atoms with Crippen molar-refractivity contribution in [2.24, 2.45) is 0 Å². The number of likely N-dealkylation sites (N-methyl/N-ethyl adjacent to an activating group) is 1. The third-order valence-corrected chi connectivity index (χ3v) is 5.29. The summed E-state index contributed by atoms with van der Waals surface area (Å²) in [5, 5.41) is 7.63.